The first-order valence-electron chi connectivity index (χ1n) is 8.45. The molecule has 1 N–H and O–H groups in total. The van der Waals surface area contributed by atoms with E-state index in [0.29, 0.717) is 15.7 Å². The Morgan fingerprint density at radius 2 is 1.89 bits per heavy atom. The molecule has 0 aliphatic carbocycles. The fourth-order valence-electron chi connectivity index (χ4n) is 2.67. The number of nitrogens with one attached hydrogen (secondary N) is 1. The number of benzene rings is 1. The molecule has 8 heteroatoms. The highest BCUT2D eigenvalue weighted by Crippen LogP contribution is 2.32. The molecule has 0 unspecified atom stereocenters. The standard InChI is InChI=1S/C20H16N4O2S2/c1-12-17(28-19(22-12)14-8-5-6-10-21-14)18(25)24-20-23-15(11-27-20)13-7-3-4-9-16(13)26-2/h3-11H,1-2H3,(H,23,24,25). The maximum Gasteiger partial charge on any atom is 0.269 e. The van der Waals surface area contributed by atoms with Crippen LogP contribution in [-0.2, 0) is 0 Å². The second-order valence-corrected chi connectivity index (χ2v) is 7.70. The minimum Gasteiger partial charge on any atom is -0.496 e. The molecule has 0 aliphatic heterocycles. The summed E-state index contributed by atoms with van der Waals surface area (Å²) >= 11 is 2.69. The van der Waals surface area contributed by atoms with Gasteiger partial charge < -0.3 is 4.74 Å². The van der Waals surface area contributed by atoms with E-state index >= 15 is 0 Å². The summed E-state index contributed by atoms with van der Waals surface area (Å²) in [6, 6.07) is 13.3. The van der Waals surface area contributed by atoms with Gasteiger partial charge in [-0.2, -0.15) is 0 Å². The summed E-state index contributed by atoms with van der Waals surface area (Å²) in [6.45, 7) is 1.82. The third-order valence-electron chi connectivity index (χ3n) is 3.99. The fourth-order valence-corrected chi connectivity index (χ4v) is 4.31. The molecule has 0 bridgehead atoms. The first-order valence-corrected chi connectivity index (χ1v) is 10.1. The number of carbonyl (C=O) groups is 1. The van der Waals surface area contributed by atoms with Gasteiger partial charge in [0.15, 0.2) is 5.13 Å². The number of nitrogens with zero attached hydrogens (tertiary/aromatic N) is 3. The average molecular weight is 409 g/mol. The van der Waals surface area contributed by atoms with E-state index in [1.807, 2.05) is 54.8 Å². The van der Waals surface area contributed by atoms with Crippen molar-refractivity contribution in [2.75, 3.05) is 12.4 Å². The predicted molar refractivity (Wildman–Crippen MR) is 112 cm³/mol. The molecule has 0 saturated heterocycles. The molecular formula is C20H16N4O2S2. The molecule has 0 saturated carbocycles. The molecular weight excluding hydrogens is 392 g/mol. The molecule has 140 valence electrons. The number of anilines is 1. The third kappa shape index (κ3) is 3.64. The van der Waals surface area contributed by atoms with Crippen LogP contribution in [0.1, 0.15) is 15.4 Å². The Morgan fingerprint density at radius 1 is 1.07 bits per heavy atom. The summed E-state index contributed by atoms with van der Waals surface area (Å²) in [5.41, 5.74) is 3.06. The van der Waals surface area contributed by atoms with E-state index < -0.39 is 0 Å². The Hall–Kier alpha value is -3.10. The molecule has 0 atom stereocenters. The molecule has 3 heterocycles. The summed E-state index contributed by atoms with van der Waals surface area (Å²) < 4.78 is 5.38. The van der Waals surface area contributed by atoms with E-state index in [1.165, 1.54) is 22.7 Å². The second-order valence-electron chi connectivity index (χ2n) is 5.84. The lowest BCUT2D eigenvalue weighted by Crippen LogP contribution is -2.11. The van der Waals surface area contributed by atoms with Crippen LogP contribution < -0.4 is 10.1 Å². The maximum absolute atomic E-state index is 12.7. The largest absolute Gasteiger partial charge is 0.496 e. The van der Waals surface area contributed by atoms with Crippen LogP contribution in [0.25, 0.3) is 22.0 Å². The van der Waals surface area contributed by atoms with Crippen LogP contribution in [0.2, 0.25) is 0 Å². The number of aryl methyl sites for hydroxylation is 1. The normalized spacial score (nSPS) is 10.6. The summed E-state index contributed by atoms with van der Waals surface area (Å²) in [5.74, 6) is 0.516. The maximum atomic E-state index is 12.7. The topological polar surface area (TPSA) is 77.0 Å². The number of ether oxygens (including phenoxy) is 1. The van der Waals surface area contributed by atoms with Crippen LogP contribution in [0.5, 0.6) is 5.75 Å². The Labute approximate surface area is 169 Å². The summed E-state index contributed by atoms with van der Waals surface area (Å²) in [5, 5.41) is 6.01. The number of carbonyl (C=O) groups excluding carboxylic acids is 1. The number of rotatable bonds is 5. The van der Waals surface area contributed by atoms with Gasteiger partial charge in [0.1, 0.15) is 15.6 Å². The highest BCUT2D eigenvalue weighted by atomic mass is 32.1. The molecule has 3 aromatic heterocycles. The van der Waals surface area contributed by atoms with Gasteiger partial charge in [0.25, 0.3) is 5.91 Å². The molecule has 4 rings (SSSR count). The van der Waals surface area contributed by atoms with Crippen molar-refractivity contribution < 1.29 is 9.53 Å². The zero-order valence-electron chi connectivity index (χ0n) is 15.2. The molecule has 0 aliphatic rings. The summed E-state index contributed by atoms with van der Waals surface area (Å²) in [4.78, 5) is 26.6. The molecule has 6 nitrogen and oxygen atoms in total. The lowest BCUT2D eigenvalue weighted by molar-refractivity contribution is 0.103. The van der Waals surface area contributed by atoms with Gasteiger partial charge in [-0.1, -0.05) is 18.2 Å². The highest BCUT2D eigenvalue weighted by molar-refractivity contribution is 7.17. The van der Waals surface area contributed by atoms with E-state index in [1.54, 1.807) is 13.3 Å². The molecule has 0 fully saturated rings. The number of amides is 1. The van der Waals surface area contributed by atoms with Crippen molar-refractivity contribution in [1.29, 1.82) is 0 Å². The van der Waals surface area contributed by atoms with E-state index in [-0.39, 0.29) is 5.91 Å². The zero-order chi connectivity index (χ0) is 19.5. The van der Waals surface area contributed by atoms with Crippen molar-refractivity contribution in [3.8, 4) is 27.7 Å². The average Bonchev–Trinajstić information content (AvgIpc) is 3.35. The Bertz CT molecular complexity index is 1120. The van der Waals surface area contributed by atoms with Crippen molar-refractivity contribution in [3.63, 3.8) is 0 Å². The van der Waals surface area contributed by atoms with Gasteiger partial charge >= 0.3 is 0 Å². The van der Waals surface area contributed by atoms with Gasteiger partial charge in [0.2, 0.25) is 0 Å². The monoisotopic (exact) mass is 408 g/mol. The molecule has 28 heavy (non-hydrogen) atoms. The van der Waals surface area contributed by atoms with Crippen LogP contribution in [0.15, 0.2) is 54.0 Å². The number of pyridine rings is 1. The summed E-state index contributed by atoms with van der Waals surface area (Å²) in [6.07, 6.45) is 1.71. The lowest BCUT2D eigenvalue weighted by atomic mass is 10.1. The minimum atomic E-state index is -0.224. The number of aromatic nitrogens is 3. The van der Waals surface area contributed by atoms with Crippen LogP contribution >= 0.6 is 22.7 Å². The van der Waals surface area contributed by atoms with Gasteiger partial charge in [-0.25, -0.2) is 9.97 Å². The van der Waals surface area contributed by atoms with Crippen LogP contribution in [0.3, 0.4) is 0 Å². The molecule has 4 aromatic rings. The molecule has 1 amide bonds. The van der Waals surface area contributed by atoms with Crippen LogP contribution in [0.4, 0.5) is 5.13 Å². The van der Waals surface area contributed by atoms with E-state index in [2.05, 4.69) is 20.3 Å². The lowest BCUT2D eigenvalue weighted by Gasteiger charge is -2.05. The van der Waals surface area contributed by atoms with Gasteiger partial charge in [-0.3, -0.25) is 15.1 Å². The van der Waals surface area contributed by atoms with Crippen molar-refractivity contribution >= 4 is 33.7 Å². The Kier molecular flexibility index (Phi) is 5.14. The zero-order valence-corrected chi connectivity index (χ0v) is 16.8. The van der Waals surface area contributed by atoms with Gasteiger partial charge in [-0.05, 0) is 31.2 Å². The number of hydrogen-bond acceptors (Lipinski definition) is 7. The van der Waals surface area contributed by atoms with Crippen molar-refractivity contribution in [3.05, 3.63) is 64.6 Å². The van der Waals surface area contributed by atoms with Crippen molar-refractivity contribution in [1.82, 2.24) is 15.0 Å². The predicted octanol–water partition coefficient (Wildman–Crippen LogP) is 4.90. The second kappa shape index (κ2) is 7.87. The quantitative estimate of drug-likeness (QED) is 0.508. The highest BCUT2D eigenvalue weighted by Gasteiger charge is 2.18. The van der Waals surface area contributed by atoms with E-state index in [4.69, 9.17) is 4.74 Å². The smallest absolute Gasteiger partial charge is 0.269 e. The van der Waals surface area contributed by atoms with Gasteiger partial charge in [0, 0.05) is 17.1 Å². The van der Waals surface area contributed by atoms with Crippen LogP contribution in [-0.4, -0.2) is 28.0 Å². The van der Waals surface area contributed by atoms with E-state index in [9.17, 15) is 4.79 Å². The molecule has 0 spiro atoms. The fraction of sp³-hybridized carbons (Fsp3) is 0.100. The Balaban J connectivity index is 1.55. The minimum absolute atomic E-state index is 0.224. The van der Waals surface area contributed by atoms with Gasteiger partial charge in [0.05, 0.1) is 24.2 Å². The molecule has 1 aromatic carbocycles. The van der Waals surface area contributed by atoms with E-state index in [0.717, 1.165) is 27.7 Å². The number of para-hydroxylation sites is 1. The first kappa shape index (κ1) is 18.3. The van der Waals surface area contributed by atoms with Crippen LogP contribution in [0, 0.1) is 6.92 Å². The SMILES string of the molecule is COc1ccccc1-c1csc(NC(=O)c2sc(-c3ccccn3)nc2C)n1. The first-order chi connectivity index (χ1) is 13.7. The number of methoxy groups -OCH3 is 1. The molecule has 0 radical (unpaired) electrons. The van der Waals surface area contributed by atoms with Crippen molar-refractivity contribution in [2.45, 2.75) is 6.92 Å². The Morgan fingerprint density at radius 3 is 2.68 bits per heavy atom. The number of thiazole rings is 2. The summed E-state index contributed by atoms with van der Waals surface area (Å²) in [7, 11) is 1.62. The third-order valence-corrected chi connectivity index (χ3v) is 5.93. The van der Waals surface area contributed by atoms with Crippen molar-refractivity contribution in [2.24, 2.45) is 0 Å². The van der Waals surface area contributed by atoms with Gasteiger partial charge in [-0.15, -0.1) is 22.7 Å². The number of hydrogen-bond donors (Lipinski definition) is 1.